The van der Waals surface area contributed by atoms with Crippen LogP contribution >= 0.6 is 0 Å². The smallest absolute Gasteiger partial charge is 0.251 e. The first-order valence-electron chi connectivity index (χ1n) is 13.6. The van der Waals surface area contributed by atoms with Gasteiger partial charge in [0.25, 0.3) is 5.91 Å². The third-order valence-corrected chi connectivity index (χ3v) is 7.54. The number of carbonyl (C=O) groups excluding carboxylic acids is 1. The average molecular weight is 527 g/mol. The van der Waals surface area contributed by atoms with Crippen molar-refractivity contribution in [3.8, 4) is 17.0 Å². The van der Waals surface area contributed by atoms with Gasteiger partial charge in [-0.1, -0.05) is 18.2 Å². The van der Waals surface area contributed by atoms with Crippen LogP contribution in [0.25, 0.3) is 16.8 Å². The van der Waals surface area contributed by atoms with Crippen LogP contribution in [0.4, 0.5) is 5.82 Å². The number of aliphatic hydroxyl groups is 1. The minimum absolute atomic E-state index is 0.0229. The molecule has 6 rings (SSSR count). The van der Waals surface area contributed by atoms with Crippen LogP contribution < -0.4 is 15.4 Å². The standard InChI is InChI=1S/C30H34N6O3/c1-19-12-22(5-8-24(19)29(37)34-23-6-7-23)25-18-33-36-26(32-17-21-14-30(2,38)15-21)13-27(35-28(25)36)39-11-9-20-4-3-10-31-16-20/h3-5,8,10,12-13,16,18,21,23,32,38H,6-7,9,11,14-15,17H2,1-2H3,(H,34,37). The zero-order chi connectivity index (χ0) is 27.0. The number of hydrogen-bond acceptors (Lipinski definition) is 7. The van der Waals surface area contributed by atoms with E-state index < -0.39 is 5.60 Å². The quantitative estimate of drug-likeness (QED) is 0.284. The molecule has 1 aromatic carbocycles. The largest absolute Gasteiger partial charge is 0.477 e. The Hall–Kier alpha value is -3.98. The molecule has 9 heteroatoms. The molecule has 0 radical (unpaired) electrons. The van der Waals surface area contributed by atoms with Gasteiger partial charge >= 0.3 is 0 Å². The second kappa shape index (κ2) is 10.3. The molecule has 0 unspecified atom stereocenters. The summed E-state index contributed by atoms with van der Waals surface area (Å²) >= 11 is 0. The summed E-state index contributed by atoms with van der Waals surface area (Å²) in [5, 5.41) is 21.4. The Morgan fingerprint density at radius 3 is 2.77 bits per heavy atom. The van der Waals surface area contributed by atoms with Gasteiger partial charge in [-0.2, -0.15) is 14.6 Å². The fourth-order valence-corrected chi connectivity index (χ4v) is 5.32. The minimum Gasteiger partial charge on any atom is -0.477 e. The predicted molar refractivity (Wildman–Crippen MR) is 149 cm³/mol. The number of carbonyl (C=O) groups is 1. The van der Waals surface area contributed by atoms with Crippen molar-refractivity contribution < 1.29 is 14.6 Å². The Bertz CT molecular complexity index is 1490. The van der Waals surface area contributed by atoms with Gasteiger partial charge in [0.2, 0.25) is 5.88 Å². The second-order valence-electron chi connectivity index (χ2n) is 11.2. The van der Waals surface area contributed by atoms with E-state index in [0.717, 1.165) is 66.7 Å². The summed E-state index contributed by atoms with van der Waals surface area (Å²) in [5.41, 5.74) is 4.59. The van der Waals surface area contributed by atoms with Crippen molar-refractivity contribution in [1.29, 1.82) is 0 Å². The van der Waals surface area contributed by atoms with Gasteiger partial charge in [0, 0.05) is 48.6 Å². The number of benzene rings is 1. The summed E-state index contributed by atoms with van der Waals surface area (Å²) in [6, 6.07) is 12.0. The summed E-state index contributed by atoms with van der Waals surface area (Å²) in [4.78, 5) is 21.6. The Morgan fingerprint density at radius 1 is 1.21 bits per heavy atom. The fourth-order valence-electron chi connectivity index (χ4n) is 5.32. The molecule has 0 atom stereocenters. The van der Waals surface area contributed by atoms with Crippen molar-refractivity contribution in [3.05, 3.63) is 71.7 Å². The summed E-state index contributed by atoms with van der Waals surface area (Å²) in [6.45, 7) is 5.03. The number of pyridine rings is 1. The van der Waals surface area contributed by atoms with Crippen LogP contribution in [0.1, 0.15) is 54.1 Å². The first-order chi connectivity index (χ1) is 18.8. The van der Waals surface area contributed by atoms with Crippen molar-refractivity contribution in [2.24, 2.45) is 5.92 Å². The summed E-state index contributed by atoms with van der Waals surface area (Å²) in [6.07, 6.45) is 9.77. The van der Waals surface area contributed by atoms with Crippen molar-refractivity contribution in [2.45, 2.75) is 57.6 Å². The van der Waals surface area contributed by atoms with E-state index in [4.69, 9.17) is 9.72 Å². The average Bonchev–Trinajstić information content (AvgIpc) is 3.61. The highest BCUT2D eigenvalue weighted by molar-refractivity contribution is 5.97. The van der Waals surface area contributed by atoms with Crippen molar-refractivity contribution in [1.82, 2.24) is 24.9 Å². The molecule has 0 saturated heterocycles. The van der Waals surface area contributed by atoms with E-state index in [2.05, 4.69) is 20.7 Å². The number of anilines is 1. The molecule has 3 heterocycles. The molecule has 3 N–H and O–H groups in total. The molecule has 202 valence electrons. The molecule has 2 aliphatic rings. The maximum absolute atomic E-state index is 12.6. The molecule has 0 spiro atoms. The maximum atomic E-state index is 12.6. The SMILES string of the molecule is Cc1cc(-c2cnn3c(NCC4CC(C)(O)C4)cc(OCCc4cccnc4)nc23)ccc1C(=O)NC1CC1. The highest BCUT2D eigenvalue weighted by Gasteiger charge is 2.38. The number of amides is 1. The minimum atomic E-state index is -0.571. The van der Waals surface area contributed by atoms with Crippen LogP contribution in [0.2, 0.25) is 0 Å². The second-order valence-corrected chi connectivity index (χ2v) is 11.2. The van der Waals surface area contributed by atoms with Gasteiger partial charge in [-0.25, -0.2) is 0 Å². The zero-order valence-corrected chi connectivity index (χ0v) is 22.4. The fraction of sp³-hybridized carbons (Fsp3) is 0.400. The first kappa shape index (κ1) is 25.3. The molecule has 0 bridgehead atoms. The molecule has 2 saturated carbocycles. The van der Waals surface area contributed by atoms with E-state index in [1.54, 1.807) is 16.9 Å². The van der Waals surface area contributed by atoms with Crippen LogP contribution in [-0.2, 0) is 6.42 Å². The molecule has 3 aromatic heterocycles. The third-order valence-electron chi connectivity index (χ3n) is 7.54. The lowest BCUT2D eigenvalue weighted by atomic mass is 9.72. The van der Waals surface area contributed by atoms with Crippen LogP contribution in [0.5, 0.6) is 5.88 Å². The Balaban J connectivity index is 1.27. The summed E-state index contributed by atoms with van der Waals surface area (Å²) < 4.78 is 7.90. The number of nitrogens with one attached hydrogen (secondary N) is 2. The van der Waals surface area contributed by atoms with E-state index in [9.17, 15) is 9.90 Å². The Labute approximate surface area is 227 Å². The van der Waals surface area contributed by atoms with Crippen LogP contribution in [-0.4, -0.2) is 55.4 Å². The van der Waals surface area contributed by atoms with Crippen molar-refractivity contribution in [2.75, 3.05) is 18.5 Å². The maximum Gasteiger partial charge on any atom is 0.251 e. The Morgan fingerprint density at radius 2 is 2.05 bits per heavy atom. The molecule has 4 aromatic rings. The van der Waals surface area contributed by atoms with Gasteiger partial charge in [0.05, 0.1) is 18.4 Å². The monoisotopic (exact) mass is 526 g/mol. The number of hydrogen-bond donors (Lipinski definition) is 3. The number of rotatable bonds is 10. The third kappa shape index (κ3) is 5.73. The molecule has 1 amide bonds. The number of nitrogens with zero attached hydrogens (tertiary/aromatic N) is 4. The predicted octanol–water partition coefficient (Wildman–Crippen LogP) is 4.19. The van der Waals surface area contributed by atoms with Crippen molar-refractivity contribution >= 4 is 17.4 Å². The lowest BCUT2D eigenvalue weighted by Gasteiger charge is -2.41. The first-order valence-corrected chi connectivity index (χ1v) is 13.6. The lowest BCUT2D eigenvalue weighted by molar-refractivity contribution is -0.0524. The van der Waals surface area contributed by atoms with Gasteiger partial charge < -0.3 is 20.5 Å². The van der Waals surface area contributed by atoms with E-state index >= 15 is 0 Å². The summed E-state index contributed by atoms with van der Waals surface area (Å²) in [7, 11) is 0. The molecule has 9 nitrogen and oxygen atoms in total. The number of fused-ring (bicyclic) bond motifs is 1. The van der Waals surface area contributed by atoms with Crippen LogP contribution in [0, 0.1) is 12.8 Å². The van der Waals surface area contributed by atoms with Gasteiger partial charge in [0.1, 0.15) is 5.82 Å². The highest BCUT2D eigenvalue weighted by Crippen LogP contribution is 2.37. The van der Waals surface area contributed by atoms with E-state index in [1.165, 1.54) is 0 Å². The molecule has 2 fully saturated rings. The van der Waals surface area contributed by atoms with E-state index in [0.29, 0.717) is 35.7 Å². The van der Waals surface area contributed by atoms with E-state index in [-0.39, 0.29) is 5.91 Å². The lowest BCUT2D eigenvalue weighted by Crippen LogP contribution is -2.43. The van der Waals surface area contributed by atoms with Gasteiger partial charge in [-0.05, 0) is 74.3 Å². The van der Waals surface area contributed by atoms with Crippen molar-refractivity contribution in [3.63, 3.8) is 0 Å². The van der Waals surface area contributed by atoms with Gasteiger partial charge in [-0.3, -0.25) is 9.78 Å². The zero-order valence-electron chi connectivity index (χ0n) is 22.4. The number of ether oxygens (including phenoxy) is 1. The molecular weight excluding hydrogens is 492 g/mol. The normalized spacial score (nSPS) is 20.4. The van der Waals surface area contributed by atoms with Crippen LogP contribution in [0.3, 0.4) is 0 Å². The Kier molecular flexibility index (Phi) is 6.68. The molecule has 0 aliphatic heterocycles. The number of aryl methyl sites for hydroxylation is 1. The summed E-state index contributed by atoms with van der Waals surface area (Å²) in [5.74, 6) is 1.66. The molecule has 2 aliphatic carbocycles. The molecule has 39 heavy (non-hydrogen) atoms. The highest BCUT2D eigenvalue weighted by atomic mass is 16.5. The topological polar surface area (TPSA) is 114 Å². The van der Waals surface area contributed by atoms with Gasteiger partial charge in [0.15, 0.2) is 5.65 Å². The van der Waals surface area contributed by atoms with Crippen LogP contribution in [0.15, 0.2) is 55.0 Å². The molecular formula is C30H34N6O3. The number of aromatic nitrogens is 4. The van der Waals surface area contributed by atoms with E-state index in [1.807, 2.05) is 56.4 Å². The van der Waals surface area contributed by atoms with Gasteiger partial charge in [-0.15, -0.1) is 0 Å².